The molecule has 2 N–H and O–H groups in total. The van der Waals surface area contributed by atoms with E-state index in [1.54, 1.807) is 0 Å². The van der Waals surface area contributed by atoms with E-state index in [0.717, 1.165) is 12.8 Å². The van der Waals surface area contributed by atoms with Gasteiger partial charge in [-0.05, 0) is 12.8 Å². The van der Waals surface area contributed by atoms with Crippen molar-refractivity contribution in [3.8, 4) is 0 Å². The number of hydrogen-bond donors (Lipinski definition) is 2. The summed E-state index contributed by atoms with van der Waals surface area (Å²) in [5.74, 6) is -0.168. The predicted octanol–water partition coefficient (Wildman–Crippen LogP) is 0.233. The van der Waals surface area contributed by atoms with E-state index in [9.17, 15) is 9.90 Å². The van der Waals surface area contributed by atoms with Crippen molar-refractivity contribution in [2.75, 3.05) is 18.0 Å². The molecule has 17 heavy (non-hydrogen) atoms. The maximum absolute atomic E-state index is 11.0. The number of aliphatic hydroxyl groups excluding tert-OH is 1. The molecule has 1 aliphatic carbocycles. The first-order chi connectivity index (χ1) is 8.15. The van der Waals surface area contributed by atoms with Crippen molar-refractivity contribution in [1.82, 2.24) is 9.97 Å². The van der Waals surface area contributed by atoms with Gasteiger partial charge in [-0.3, -0.25) is 0 Å². The lowest BCUT2D eigenvalue weighted by atomic mass is 10.1. The maximum Gasteiger partial charge on any atom is 0.339 e. The molecule has 2 heterocycles. The monoisotopic (exact) mass is 235 g/mol. The first-order valence-electron chi connectivity index (χ1n) is 5.68. The van der Waals surface area contributed by atoms with Crippen LogP contribution in [0.2, 0.25) is 0 Å². The van der Waals surface area contributed by atoms with Crippen LogP contribution in [0.3, 0.4) is 0 Å². The van der Waals surface area contributed by atoms with Crippen LogP contribution in [0, 0.1) is 0 Å². The van der Waals surface area contributed by atoms with Crippen LogP contribution in [-0.4, -0.2) is 45.3 Å². The normalized spacial score (nSPS) is 20.2. The van der Waals surface area contributed by atoms with E-state index < -0.39 is 5.97 Å². The van der Waals surface area contributed by atoms with Crippen LogP contribution in [0.5, 0.6) is 0 Å². The zero-order valence-corrected chi connectivity index (χ0v) is 9.20. The van der Waals surface area contributed by atoms with Crippen molar-refractivity contribution in [3.63, 3.8) is 0 Å². The number of carbonyl (C=O) groups is 1. The standard InChI is InChI=1S/C11H13N3O3/c15-7-4-14(5-7)11-12-3-8(10(16)17)9(13-11)6-1-2-6/h3,6-7,15H,1-2,4-5H2,(H,16,17). The zero-order chi connectivity index (χ0) is 12.0. The highest BCUT2D eigenvalue weighted by Crippen LogP contribution is 2.41. The van der Waals surface area contributed by atoms with Crippen LogP contribution in [0.15, 0.2) is 6.20 Å². The molecule has 90 valence electrons. The third-order valence-electron chi connectivity index (χ3n) is 3.15. The number of aromatic carboxylic acids is 1. The fourth-order valence-corrected chi connectivity index (χ4v) is 1.99. The Morgan fingerprint density at radius 2 is 2.12 bits per heavy atom. The third kappa shape index (κ3) is 1.84. The molecule has 0 amide bonds. The van der Waals surface area contributed by atoms with E-state index in [1.165, 1.54) is 6.20 Å². The fourth-order valence-electron chi connectivity index (χ4n) is 1.99. The molecule has 2 fully saturated rings. The minimum Gasteiger partial charge on any atom is -0.478 e. The molecule has 0 bridgehead atoms. The molecule has 0 spiro atoms. The molecule has 0 unspecified atom stereocenters. The Morgan fingerprint density at radius 3 is 2.65 bits per heavy atom. The quantitative estimate of drug-likeness (QED) is 0.780. The van der Waals surface area contributed by atoms with Crippen molar-refractivity contribution in [2.24, 2.45) is 0 Å². The summed E-state index contributed by atoms with van der Waals surface area (Å²) >= 11 is 0. The number of carboxylic acids is 1. The third-order valence-corrected chi connectivity index (χ3v) is 3.15. The lowest BCUT2D eigenvalue weighted by molar-refractivity contribution is 0.0694. The lowest BCUT2D eigenvalue weighted by Crippen LogP contribution is -2.51. The Kier molecular flexibility index (Phi) is 2.25. The molecule has 1 aliphatic heterocycles. The summed E-state index contributed by atoms with van der Waals surface area (Å²) in [7, 11) is 0. The van der Waals surface area contributed by atoms with Gasteiger partial charge >= 0.3 is 5.97 Å². The van der Waals surface area contributed by atoms with Crippen molar-refractivity contribution in [1.29, 1.82) is 0 Å². The summed E-state index contributed by atoms with van der Waals surface area (Å²) in [6, 6.07) is 0. The van der Waals surface area contributed by atoms with E-state index in [0.29, 0.717) is 24.7 Å². The van der Waals surface area contributed by atoms with Crippen molar-refractivity contribution < 1.29 is 15.0 Å². The topological polar surface area (TPSA) is 86.5 Å². The molecule has 1 aromatic rings. The number of aliphatic hydroxyl groups is 1. The second kappa shape index (κ2) is 3.66. The predicted molar refractivity (Wildman–Crippen MR) is 59.2 cm³/mol. The van der Waals surface area contributed by atoms with Gasteiger partial charge in [0.1, 0.15) is 0 Å². The number of carboxylic acid groups (broad SMARTS) is 1. The molecule has 3 rings (SSSR count). The van der Waals surface area contributed by atoms with Gasteiger partial charge in [0.15, 0.2) is 0 Å². The molecule has 0 aromatic carbocycles. The Bertz CT molecular complexity index is 467. The molecular weight excluding hydrogens is 222 g/mol. The zero-order valence-electron chi connectivity index (χ0n) is 9.20. The number of β-amino-alcohol motifs (C(OH)–C–C–N with tert-alkyl or cyclic N) is 1. The van der Waals surface area contributed by atoms with Crippen molar-refractivity contribution in [3.05, 3.63) is 17.5 Å². The van der Waals surface area contributed by atoms with E-state index in [1.807, 2.05) is 4.90 Å². The van der Waals surface area contributed by atoms with Gasteiger partial charge < -0.3 is 15.1 Å². The minimum atomic E-state index is -0.970. The Balaban J connectivity index is 1.92. The van der Waals surface area contributed by atoms with E-state index in [-0.39, 0.29) is 17.6 Å². The van der Waals surface area contributed by atoms with Gasteiger partial charge in [0.2, 0.25) is 5.95 Å². The number of rotatable bonds is 3. The smallest absolute Gasteiger partial charge is 0.339 e. The van der Waals surface area contributed by atoms with Gasteiger partial charge in [-0.25, -0.2) is 14.8 Å². The fraction of sp³-hybridized carbons (Fsp3) is 0.545. The van der Waals surface area contributed by atoms with Gasteiger partial charge in [0, 0.05) is 25.2 Å². The minimum absolute atomic E-state index is 0.206. The van der Waals surface area contributed by atoms with Gasteiger partial charge in [0.25, 0.3) is 0 Å². The summed E-state index contributed by atoms with van der Waals surface area (Å²) < 4.78 is 0. The van der Waals surface area contributed by atoms with Crippen molar-refractivity contribution >= 4 is 11.9 Å². The Labute approximate surface area is 97.9 Å². The second-order valence-electron chi connectivity index (χ2n) is 4.61. The first kappa shape index (κ1) is 10.5. The number of anilines is 1. The van der Waals surface area contributed by atoms with E-state index in [2.05, 4.69) is 9.97 Å². The number of nitrogens with zero attached hydrogens (tertiary/aromatic N) is 3. The molecule has 0 radical (unpaired) electrons. The number of hydrogen-bond acceptors (Lipinski definition) is 5. The summed E-state index contributed by atoms with van der Waals surface area (Å²) in [4.78, 5) is 21.3. The second-order valence-corrected chi connectivity index (χ2v) is 4.61. The Hall–Kier alpha value is -1.69. The van der Waals surface area contributed by atoms with Crippen LogP contribution in [0.1, 0.15) is 34.8 Å². The summed E-state index contributed by atoms with van der Waals surface area (Å²) in [6.07, 6.45) is 3.06. The summed E-state index contributed by atoms with van der Waals surface area (Å²) in [6.45, 7) is 1.05. The average molecular weight is 235 g/mol. The molecule has 1 saturated heterocycles. The highest BCUT2D eigenvalue weighted by Gasteiger charge is 2.33. The van der Waals surface area contributed by atoms with E-state index in [4.69, 9.17) is 5.11 Å². The van der Waals surface area contributed by atoms with Crippen LogP contribution >= 0.6 is 0 Å². The van der Waals surface area contributed by atoms with E-state index >= 15 is 0 Å². The molecule has 6 nitrogen and oxygen atoms in total. The molecule has 6 heteroatoms. The molecule has 0 atom stereocenters. The molecule has 2 aliphatic rings. The number of aromatic nitrogens is 2. The van der Waals surface area contributed by atoms with Crippen molar-refractivity contribution in [2.45, 2.75) is 24.9 Å². The highest BCUT2D eigenvalue weighted by molar-refractivity contribution is 5.89. The SMILES string of the molecule is O=C(O)c1cnc(N2CC(O)C2)nc1C1CC1. The highest BCUT2D eigenvalue weighted by atomic mass is 16.4. The lowest BCUT2D eigenvalue weighted by Gasteiger charge is -2.35. The van der Waals surface area contributed by atoms with Gasteiger partial charge in [-0.2, -0.15) is 0 Å². The maximum atomic E-state index is 11.0. The molecule has 1 saturated carbocycles. The van der Waals surface area contributed by atoms with Gasteiger partial charge in [-0.1, -0.05) is 0 Å². The Morgan fingerprint density at radius 1 is 1.41 bits per heavy atom. The summed E-state index contributed by atoms with van der Waals surface area (Å²) in [5, 5.41) is 18.3. The average Bonchev–Trinajstić information content (AvgIpc) is 3.07. The molecular formula is C11H13N3O3. The summed E-state index contributed by atoms with van der Waals surface area (Å²) in [5.41, 5.74) is 0.848. The van der Waals surface area contributed by atoms with Gasteiger partial charge in [-0.15, -0.1) is 0 Å². The largest absolute Gasteiger partial charge is 0.478 e. The van der Waals surface area contributed by atoms with Crippen LogP contribution < -0.4 is 4.90 Å². The van der Waals surface area contributed by atoms with Crippen LogP contribution in [-0.2, 0) is 0 Å². The van der Waals surface area contributed by atoms with Crippen LogP contribution in [0.4, 0.5) is 5.95 Å². The van der Waals surface area contributed by atoms with Crippen LogP contribution in [0.25, 0.3) is 0 Å². The first-order valence-corrected chi connectivity index (χ1v) is 5.68. The van der Waals surface area contributed by atoms with Gasteiger partial charge in [0.05, 0.1) is 17.4 Å². The molecule has 1 aromatic heterocycles.